The van der Waals surface area contributed by atoms with Crippen LogP contribution in [0.1, 0.15) is 11.1 Å². The molecule has 0 aliphatic heterocycles. The van der Waals surface area contributed by atoms with E-state index in [0.29, 0.717) is 5.56 Å². The van der Waals surface area contributed by atoms with Gasteiger partial charge in [0.15, 0.2) is 0 Å². The molecule has 15 heavy (non-hydrogen) atoms. The van der Waals surface area contributed by atoms with Crippen molar-refractivity contribution in [2.24, 2.45) is 0 Å². The second-order valence-electron chi connectivity index (χ2n) is 2.99. The average Bonchev–Trinajstić information content (AvgIpc) is 2.15. The minimum Gasteiger partial charge on any atom is -0.286 e. The van der Waals surface area contributed by atoms with Crippen molar-refractivity contribution < 1.29 is 17.4 Å². The van der Waals surface area contributed by atoms with Gasteiger partial charge in [-0.3, -0.25) is 4.55 Å². The van der Waals surface area contributed by atoms with Crippen LogP contribution in [-0.4, -0.2) is 18.7 Å². The van der Waals surface area contributed by atoms with Crippen LogP contribution in [0.4, 0.5) is 4.39 Å². The minimum absolute atomic E-state index is 0.0860. The van der Waals surface area contributed by atoms with Crippen LogP contribution in [0.5, 0.6) is 0 Å². The van der Waals surface area contributed by atoms with E-state index in [1.165, 1.54) is 18.2 Å². The van der Waals surface area contributed by atoms with Crippen molar-refractivity contribution in [3.8, 4) is 12.3 Å². The Bertz CT molecular complexity index is 500. The molecular weight excluding hydrogens is 219 g/mol. The molecule has 0 radical (unpaired) electrons. The maximum Gasteiger partial charge on any atom is 0.265 e. The van der Waals surface area contributed by atoms with E-state index >= 15 is 0 Å². The second-order valence-corrected chi connectivity index (χ2v) is 4.57. The number of hydrogen-bond donors (Lipinski definition) is 1. The Hall–Kier alpha value is -1.38. The fraction of sp³-hybridized carbons (Fsp3) is 0.200. The fourth-order valence-corrected chi connectivity index (χ4v) is 1.58. The number of aryl methyl sites for hydroxylation is 1. The van der Waals surface area contributed by atoms with Crippen LogP contribution in [0, 0.1) is 18.2 Å². The van der Waals surface area contributed by atoms with E-state index in [4.69, 9.17) is 11.0 Å². The van der Waals surface area contributed by atoms with Crippen molar-refractivity contribution in [3.63, 3.8) is 0 Å². The van der Waals surface area contributed by atoms with Crippen molar-refractivity contribution in [2.45, 2.75) is 6.42 Å². The molecule has 80 valence electrons. The molecule has 0 fully saturated rings. The smallest absolute Gasteiger partial charge is 0.265 e. The fourth-order valence-electron chi connectivity index (χ4n) is 1.09. The summed E-state index contributed by atoms with van der Waals surface area (Å²) in [6.07, 6.45) is 5.15. The maximum atomic E-state index is 12.9. The topological polar surface area (TPSA) is 54.4 Å². The first kappa shape index (κ1) is 11.7. The summed E-state index contributed by atoms with van der Waals surface area (Å²) in [5, 5.41) is 0. The molecule has 0 saturated heterocycles. The third kappa shape index (κ3) is 3.70. The van der Waals surface area contributed by atoms with Gasteiger partial charge in [-0.1, -0.05) is 12.0 Å². The third-order valence-corrected chi connectivity index (χ3v) is 2.55. The Balaban J connectivity index is 2.85. The number of halogens is 1. The standard InChI is InChI=1S/C10H9FO3S/c1-2-9-7-8(3-4-10(9)11)5-6-15(12,13)14/h1,3-4,7H,5-6H2,(H,12,13,14). The van der Waals surface area contributed by atoms with Crippen LogP contribution in [0.2, 0.25) is 0 Å². The Morgan fingerprint density at radius 3 is 2.67 bits per heavy atom. The molecule has 0 aliphatic carbocycles. The van der Waals surface area contributed by atoms with Crippen LogP contribution >= 0.6 is 0 Å². The van der Waals surface area contributed by atoms with Crippen LogP contribution in [0.15, 0.2) is 18.2 Å². The first-order valence-electron chi connectivity index (χ1n) is 4.12. The predicted molar refractivity (Wildman–Crippen MR) is 54.5 cm³/mol. The molecule has 1 aromatic carbocycles. The monoisotopic (exact) mass is 228 g/mol. The van der Waals surface area contributed by atoms with Gasteiger partial charge in [0.2, 0.25) is 0 Å². The van der Waals surface area contributed by atoms with Gasteiger partial charge in [-0.25, -0.2) is 4.39 Å². The first-order chi connectivity index (χ1) is 6.92. The Labute approximate surface area is 87.7 Å². The molecule has 0 heterocycles. The molecule has 0 aliphatic rings. The SMILES string of the molecule is C#Cc1cc(CCS(=O)(=O)O)ccc1F. The van der Waals surface area contributed by atoms with Gasteiger partial charge in [0.25, 0.3) is 10.1 Å². The van der Waals surface area contributed by atoms with E-state index in [9.17, 15) is 12.8 Å². The summed E-state index contributed by atoms with van der Waals surface area (Å²) in [5.41, 5.74) is 0.657. The first-order valence-corrected chi connectivity index (χ1v) is 5.73. The van der Waals surface area contributed by atoms with Crippen LogP contribution in [-0.2, 0) is 16.5 Å². The molecule has 1 rings (SSSR count). The highest BCUT2D eigenvalue weighted by Gasteiger charge is 2.06. The van der Waals surface area contributed by atoms with E-state index in [0.717, 1.165) is 0 Å². The average molecular weight is 228 g/mol. The van der Waals surface area contributed by atoms with E-state index < -0.39 is 21.7 Å². The zero-order valence-electron chi connectivity index (χ0n) is 7.77. The lowest BCUT2D eigenvalue weighted by Crippen LogP contribution is -2.06. The lowest BCUT2D eigenvalue weighted by Gasteiger charge is -2.01. The number of terminal acetylenes is 1. The lowest BCUT2D eigenvalue weighted by molar-refractivity contribution is 0.482. The molecule has 0 spiro atoms. The third-order valence-electron chi connectivity index (χ3n) is 1.83. The second kappa shape index (κ2) is 4.43. The van der Waals surface area contributed by atoms with Gasteiger partial charge in [0.05, 0.1) is 11.3 Å². The molecule has 0 unspecified atom stereocenters. The summed E-state index contributed by atoms with van der Waals surface area (Å²) in [6.45, 7) is 0. The van der Waals surface area contributed by atoms with Gasteiger partial charge in [0.1, 0.15) is 5.82 Å². The number of rotatable bonds is 3. The van der Waals surface area contributed by atoms with Crippen LogP contribution in [0.25, 0.3) is 0 Å². The van der Waals surface area contributed by atoms with Crippen molar-refractivity contribution in [3.05, 3.63) is 35.1 Å². The zero-order valence-corrected chi connectivity index (χ0v) is 8.59. The molecule has 3 nitrogen and oxygen atoms in total. The highest BCUT2D eigenvalue weighted by atomic mass is 32.2. The quantitative estimate of drug-likeness (QED) is 0.625. The maximum absolute atomic E-state index is 12.9. The van der Waals surface area contributed by atoms with Gasteiger partial charge < -0.3 is 0 Å². The van der Waals surface area contributed by atoms with Crippen molar-refractivity contribution >= 4 is 10.1 Å². The summed E-state index contributed by atoms with van der Waals surface area (Å²) < 4.78 is 42.4. The van der Waals surface area contributed by atoms with Gasteiger partial charge in [0, 0.05) is 0 Å². The van der Waals surface area contributed by atoms with E-state index in [1.54, 1.807) is 0 Å². The van der Waals surface area contributed by atoms with Gasteiger partial charge in [-0.15, -0.1) is 6.42 Å². The molecule has 0 bridgehead atoms. The van der Waals surface area contributed by atoms with Crippen LogP contribution < -0.4 is 0 Å². The largest absolute Gasteiger partial charge is 0.286 e. The van der Waals surface area contributed by atoms with Crippen molar-refractivity contribution in [2.75, 3.05) is 5.75 Å². The summed E-state index contributed by atoms with van der Waals surface area (Å²) in [5.74, 6) is 1.23. The number of hydrogen-bond acceptors (Lipinski definition) is 2. The van der Waals surface area contributed by atoms with Gasteiger partial charge in [-0.05, 0) is 24.1 Å². The van der Waals surface area contributed by atoms with E-state index in [1.807, 2.05) is 0 Å². The van der Waals surface area contributed by atoms with Crippen molar-refractivity contribution in [1.82, 2.24) is 0 Å². The molecule has 5 heteroatoms. The van der Waals surface area contributed by atoms with E-state index in [-0.39, 0.29) is 12.0 Å². The molecule has 0 atom stereocenters. The highest BCUT2D eigenvalue weighted by molar-refractivity contribution is 7.85. The summed E-state index contributed by atoms with van der Waals surface area (Å²) in [7, 11) is -4.00. The summed E-state index contributed by atoms with van der Waals surface area (Å²) in [6, 6.07) is 4.00. The molecule has 0 amide bonds. The molecule has 0 aromatic heterocycles. The molecule has 1 N–H and O–H groups in total. The highest BCUT2D eigenvalue weighted by Crippen LogP contribution is 2.10. The molecular formula is C10H9FO3S. The predicted octanol–water partition coefficient (Wildman–Crippen LogP) is 1.24. The normalized spacial score (nSPS) is 11.0. The van der Waals surface area contributed by atoms with Gasteiger partial charge >= 0.3 is 0 Å². The van der Waals surface area contributed by atoms with Gasteiger partial charge in [-0.2, -0.15) is 8.42 Å². The minimum atomic E-state index is -4.00. The lowest BCUT2D eigenvalue weighted by atomic mass is 10.1. The molecule has 0 saturated carbocycles. The van der Waals surface area contributed by atoms with Crippen LogP contribution in [0.3, 0.4) is 0 Å². The Kier molecular flexibility index (Phi) is 3.45. The van der Waals surface area contributed by atoms with Crippen molar-refractivity contribution in [1.29, 1.82) is 0 Å². The zero-order chi connectivity index (χ0) is 11.5. The Morgan fingerprint density at radius 2 is 2.13 bits per heavy atom. The Morgan fingerprint density at radius 1 is 1.47 bits per heavy atom. The molecule has 1 aromatic rings. The van der Waals surface area contributed by atoms with E-state index in [2.05, 4.69) is 5.92 Å². The summed E-state index contributed by atoms with van der Waals surface area (Å²) in [4.78, 5) is 0. The number of benzene rings is 1. The summed E-state index contributed by atoms with van der Waals surface area (Å²) >= 11 is 0.